The number of unbranched alkanes of at least 4 members (excludes halogenated alkanes) is 1. The van der Waals surface area contributed by atoms with Crippen LogP contribution in [-0.4, -0.2) is 48.6 Å². The molecule has 1 saturated heterocycles. The minimum Gasteiger partial charge on any atom is -0.455 e. The summed E-state index contributed by atoms with van der Waals surface area (Å²) in [5, 5.41) is 14.1. The SMILES string of the molecule is CCCCC(Oc1ccc(C(N)=NO)cc1)Oc1ccc(-c2nc(C)sc2N2CCOCC2)cc1. The van der Waals surface area contributed by atoms with Crippen LogP contribution in [0.3, 0.4) is 0 Å². The number of hydrogen-bond acceptors (Lipinski definition) is 8. The molecule has 0 spiro atoms. The van der Waals surface area contributed by atoms with Crippen LogP contribution < -0.4 is 20.1 Å². The Hall–Kier alpha value is -3.30. The molecular formula is C26H32N4O4S. The van der Waals surface area contributed by atoms with E-state index >= 15 is 0 Å². The summed E-state index contributed by atoms with van der Waals surface area (Å²) < 4.78 is 17.8. The smallest absolute Gasteiger partial charge is 0.241 e. The molecule has 1 aliphatic heterocycles. The molecule has 2 aromatic carbocycles. The summed E-state index contributed by atoms with van der Waals surface area (Å²) in [6.45, 7) is 7.43. The van der Waals surface area contributed by atoms with E-state index in [1.807, 2.05) is 19.1 Å². The van der Waals surface area contributed by atoms with Crippen molar-refractivity contribution in [1.29, 1.82) is 0 Å². The molecule has 1 aromatic heterocycles. The Kier molecular flexibility index (Phi) is 8.44. The minimum absolute atomic E-state index is 0.0579. The standard InChI is InChI=1S/C26H32N4O4S/c1-3-4-5-23(34-22-12-8-20(9-13-22)25(27)29-31)33-21-10-6-19(7-11-21)24-26(35-18(2)28-24)30-14-16-32-17-15-30/h6-13,23,31H,3-5,14-17H2,1-2H3,(H2,27,29). The van der Waals surface area contributed by atoms with Crippen molar-refractivity contribution in [1.82, 2.24) is 4.98 Å². The Labute approximate surface area is 209 Å². The second-order valence-corrected chi connectivity index (χ2v) is 9.51. The number of ether oxygens (including phenoxy) is 3. The van der Waals surface area contributed by atoms with Crippen LogP contribution in [0.1, 0.15) is 36.8 Å². The molecule has 1 atom stereocenters. The van der Waals surface area contributed by atoms with Gasteiger partial charge in [-0.05, 0) is 61.9 Å². The van der Waals surface area contributed by atoms with Gasteiger partial charge in [-0.15, -0.1) is 11.3 Å². The fourth-order valence-electron chi connectivity index (χ4n) is 3.85. The van der Waals surface area contributed by atoms with Gasteiger partial charge < -0.3 is 30.1 Å². The van der Waals surface area contributed by atoms with E-state index in [1.54, 1.807) is 35.6 Å². The number of anilines is 1. The summed E-state index contributed by atoms with van der Waals surface area (Å²) in [6.07, 6.45) is 2.34. The number of hydrogen-bond donors (Lipinski definition) is 2. The van der Waals surface area contributed by atoms with Gasteiger partial charge in [0.2, 0.25) is 6.29 Å². The molecule has 0 aliphatic carbocycles. The first kappa shape index (κ1) is 24.8. The third kappa shape index (κ3) is 6.43. The molecule has 4 rings (SSSR count). The number of morpholine rings is 1. The molecule has 0 bridgehead atoms. The fraction of sp³-hybridized carbons (Fsp3) is 0.385. The number of aromatic nitrogens is 1. The molecule has 1 aliphatic rings. The average molecular weight is 497 g/mol. The van der Waals surface area contributed by atoms with Crippen LogP contribution in [0, 0.1) is 6.92 Å². The molecule has 3 N–H and O–H groups in total. The van der Waals surface area contributed by atoms with Gasteiger partial charge in [0, 0.05) is 30.6 Å². The van der Waals surface area contributed by atoms with Gasteiger partial charge in [-0.3, -0.25) is 0 Å². The van der Waals surface area contributed by atoms with Gasteiger partial charge >= 0.3 is 0 Å². The van der Waals surface area contributed by atoms with E-state index in [0.29, 0.717) is 11.3 Å². The second kappa shape index (κ2) is 11.9. The van der Waals surface area contributed by atoms with Crippen LogP contribution in [0.15, 0.2) is 53.7 Å². The summed E-state index contributed by atoms with van der Waals surface area (Å²) in [5.41, 5.74) is 8.33. The number of aryl methyl sites for hydroxylation is 1. The largest absolute Gasteiger partial charge is 0.455 e. The lowest BCUT2D eigenvalue weighted by atomic mass is 10.1. The number of oxime groups is 1. The summed E-state index contributed by atoms with van der Waals surface area (Å²) in [6, 6.07) is 15.1. The van der Waals surface area contributed by atoms with Crippen LogP contribution in [0.5, 0.6) is 11.5 Å². The van der Waals surface area contributed by atoms with E-state index in [4.69, 9.17) is 30.1 Å². The van der Waals surface area contributed by atoms with Crippen molar-refractivity contribution in [3.05, 3.63) is 59.1 Å². The van der Waals surface area contributed by atoms with E-state index in [1.165, 1.54) is 5.00 Å². The first-order chi connectivity index (χ1) is 17.1. The van der Waals surface area contributed by atoms with Gasteiger partial charge in [-0.2, -0.15) is 0 Å². The molecule has 0 saturated carbocycles. The highest BCUT2D eigenvalue weighted by atomic mass is 32.1. The second-order valence-electron chi connectivity index (χ2n) is 8.33. The molecule has 8 nitrogen and oxygen atoms in total. The van der Waals surface area contributed by atoms with Crippen molar-refractivity contribution >= 4 is 22.2 Å². The maximum Gasteiger partial charge on any atom is 0.241 e. The maximum atomic E-state index is 8.84. The molecule has 186 valence electrons. The summed E-state index contributed by atoms with van der Waals surface area (Å²) in [7, 11) is 0. The lowest BCUT2D eigenvalue weighted by Gasteiger charge is -2.28. The van der Waals surface area contributed by atoms with Gasteiger partial charge in [-0.25, -0.2) is 4.98 Å². The first-order valence-corrected chi connectivity index (χ1v) is 12.7. The lowest BCUT2D eigenvalue weighted by Crippen LogP contribution is -2.35. The van der Waals surface area contributed by atoms with Crippen molar-refractivity contribution < 1.29 is 19.4 Å². The van der Waals surface area contributed by atoms with E-state index in [2.05, 4.69) is 29.1 Å². The Bertz CT molecular complexity index is 1110. The molecule has 3 aromatic rings. The molecule has 0 amide bonds. The van der Waals surface area contributed by atoms with E-state index in [-0.39, 0.29) is 5.84 Å². The summed E-state index contributed by atoms with van der Waals surface area (Å²) in [4.78, 5) is 7.16. The van der Waals surface area contributed by atoms with Crippen molar-refractivity contribution in [2.75, 3.05) is 31.2 Å². The zero-order valence-corrected chi connectivity index (χ0v) is 21.0. The van der Waals surface area contributed by atoms with Crippen LogP contribution in [-0.2, 0) is 4.74 Å². The van der Waals surface area contributed by atoms with E-state index < -0.39 is 6.29 Å². The highest BCUT2D eigenvalue weighted by Gasteiger charge is 2.20. The Morgan fingerprint density at radius 1 is 1.11 bits per heavy atom. The van der Waals surface area contributed by atoms with Crippen molar-refractivity contribution in [2.24, 2.45) is 10.9 Å². The highest BCUT2D eigenvalue weighted by molar-refractivity contribution is 7.16. The maximum absolute atomic E-state index is 8.84. The topological polar surface area (TPSA) is 102 Å². The molecular weight excluding hydrogens is 464 g/mol. The van der Waals surface area contributed by atoms with Gasteiger partial charge in [0.1, 0.15) is 22.2 Å². The Balaban J connectivity index is 1.46. The Morgan fingerprint density at radius 3 is 2.34 bits per heavy atom. The summed E-state index contributed by atoms with van der Waals surface area (Å²) in [5.74, 6) is 1.45. The number of amidine groups is 1. The van der Waals surface area contributed by atoms with Crippen molar-refractivity contribution in [3.8, 4) is 22.8 Å². The molecule has 35 heavy (non-hydrogen) atoms. The number of nitrogens with zero attached hydrogens (tertiary/aromatic N) is 3. The minimum atomic E-state index is -0.430. The third-order valence-electron chi connectivity index (χ3n) is 5.73. The normalized spacial score (nSPS) is 15.1. The summed E-state index contributed by atoms with van der Waals surface area (Å²) >= 11 is 1.72. The molecule has 2 heterocycles. The van der Waals surface area contributed by atoms with Gasteiger partial charge in [0.15, 0.2) is 5.84 Å². The molecule has 1 unspecified atom stereocenters. The van der Waals surface area contributed by atoms with Gasteiger partial charge in [0.05, 0.1) is 18.2 Å². The highest BCUT2D eigenvalue weighted by Crippen LogP contribution is 2.37. The molecule has 9 heteroatoms. The van der Waals surface area contributed by atoms with E-state index in [9.17, 15) is 0 Å². The van der Waals surface area contributed by atoms with E-state index in [0.717, 1.165) is 67.6 Å². The zero-order valence-electron chi connectivity index (χ0n) is 20.1. The van der Waals surface area contributed by atoms with Crippen molar-refractivity contribution in [3.63, 3.8) is 0 Å². The number of nitrogens with two attached hydrogens (primary N) is 1. The van der Waals surface area contributed by atoms with Crippen LogP contribution in [0.4, 0.5) is 5.00 Å². The predicted octanol–water partition coefficient (Wildman–Crippen LogP) is 5.02. The first-order valence-electron chi connectivity index (χ1n) is 11.9. The van der Waals surface area contributed by atoms with Crippen LogP contribution >= 0.6 is 11.3 Å². The predicted molar refractivity (Wildman–Crippen MR) is 139 cm³/mol. The van der Waals surface area contributed by atoms with Crippen molar-refractivity contribution in [2.45, 2.75) is 39.4 Å². The van der Waals surface area contributed by atoms with Crippen LogP contribution in [0.25, 0.3) is 11.3 Å². The van der Waals surface area contributed by atoms with Crippen LogP contribution in [0.2, 0.25) is 0 Å². The van der Waals surface area contributed by atoms with Gasteiger partial charge in [-0.1, -0.05) is 18.5 Å². The number of benzene rings is 2. The zero-order chi connectivity index (χ0) is 24.6. The number of thiazole rings is 1. The lowest BCUT2D eigenvalue weighted by molar-refractivity contribution is -0.00211. The molecule has 0 radical (unpaired) electrons. The van der Waals surface area contributed by atoms with Gasteiger partial charge in [0.25, 0.3) is 0 Å². The monoisotopic (exact) mass is 496 g/mol. The molecule has 1 fully saturated rings. The third-order valence-corrected chi connectivity index (χ3v) is 6.76. The number of rotatable bonds is 10. The fourth-order valence-corrected chi connectivity index (χ4v) is 4.84. The average Bonchev–Trinajstić information content (AvgIpc) is 3.29. The Morgan fingerprint density at radius 2 is 1.74 bits per heavy atom. The quantitative estimate of drug-likeness (QED) is 0.133.